The van der Waals surface area contributed by atoms with Gasteiger partial charge in [-0.2, -0.15) is 0 Å². The number of fused-ring (bicyclic) bond motifs is 1. The number of hydrogen-bond donors (Lipinski definition) is 3. The van der Waals surface area contributed by atoms with Crippen LogP contribution in [0.1, 0.15) is 24.8 Å². The van der Waals surface area contributed by atoms with E-state index in [0.29, 0.717) is 6.54 Å². The third-order valence-electron chi connectivity index (χ3n) is 5.60. The lowest BCUT2D eigenvalue weighted by molar-refractivity contribution is 0.295. The first kappa shape index (κ1) is 21.5. The zero-order valence-corrected chi connectivity index (χ0v) is 18.0. The second-order valence-electron chi connectivity index (χ2n) is 7.77. The average molecular weight is 444 g/mol. The number of halogens is 1. The highest BCUT2D eigenvalue weighted by Crippen LogP contribution is 2.29. The number of rotatable bonds is 8. The molecule has 1 aliphatic rings. The lowest BCUT2D eigenvalue weighted by Crippen LogP contribution is -2.30. The molecule has 0 saturated heterocycles. The predicted octanol–water partition coefficient (Wildman–Crippen LogP) is 3.86. The Bertz CT molecular complexity index is 1200. The Balaban J connectivity index is 1.24. The highest BCUT2D eigenvalue weighted by atomic mass is 32.2. The number of aromatic nitrogens is 1. The molecule has 8 heteroatoms. The molecule has 2 heterocycles. The molecule has 0 aliphatic carbocycles. The van der Waals surface area contributed by atoms with Crippen LogP contribution in [0.2, 0.25) is 0 Å². The van der Waals surface area contributed by atoms with Crippen molar-refractivity contribution in [3.63, 3.8) is 0 Å². The zero-order valence-electron chi connectivity index (χ0n) is 17.1. The molecule has 6 nitrogen and oxygen atoms in total. The van der Waals surface area contributed by atoms with Crippen LogP contribution in [0.15, 0.2) is 59.6 Å². The van der Waals surface area contributed by atoms with Crippen LogP contribution >= 0.6 is 0 Å². The van der Waals surface area contributed by atoms with E-state index in [0.717, 1.165) is 55.4 Å². The third-order valence-corrected chi connectivity index (χ3v) is 7.06. The summed E-state index contributed by atoms with van der Waals surface area (Å²) in [5, 5.41) is 10.4. The molecule has 31 heavy (non-hydrogen) atoms. The Morgan fingerprint density at radius 1 is 1.16 bits per heavy atom. The van der Waals surface area contributed by atoms with Crippen molar-refractivity contribution >= 4 is 26.5 Å². The number of sulfonamides is 1. The first-order chi connectivity index (χ1) is 14.9. The molecule has 0 spiro atoms. The number of aromatic hydroxyl groups is 1. The zero-order chi connectivity index (χ0) is 21.8. The summed E-state index contributed by atoms with van der Waals surface area (Å²) in [5.41, 5.74) is 3.23. The Morgan fingerprint density at radius 2 is 2.03 bits per heavy atom. The van der Waals surface area contributed by atoms with Gasteiger partial charge in [-0.1, -0.05) is 12.1 Å². The van der Waals surface area contributed by atoms with Crippen LogP contribution in [-0.2, 0) is 10.0 Å². The molecule has 2 aromatic carbocycles. The summed E-state index contributed by atoms with van der Waals surface area (Å²) in [6.45, 7) is 2.99. The van der Waals surface area contributed by atoms with E-state index in [-0.39, 0.29) is 16.5 Å². The largest absolute Gasteiger partial charge is 0.508 e. The fraction of sp³-hybridized carbons (Fsp3) is 0.304. The first-order valence-corrected chi connectivity index (χ1v) is 11.9. The van der Waals surface area contributed by atoms with E-state index in [1.165, 1.54) is 35.9 Å². The van der Waals surface area contributed by atoms with E-state index in [1.807, 2.05) is 6.20 Å². The third kappa shape index (κ3) is 5.15. The van der Waals surface area contributed by atoms with Crippen LogP contribution in [0, 0.1) is 5.82 Å². The topological polar surface area (TPSA) is 85.4 Å². The smallest absolute Gasteiger partial charge is 0.240 e. The van der Waals surface area contributed by atoms with E-state index >= 15 is 0 Å². The van der Waals surface area contributed by atoms with Crippen molar-refractivity contribution in [3.8, 4) is 5.75 Å². The summed E-state index contributed by atoms with van der Waals surface area (Å²) in [6.07, 6.45) is 6.65. The van der Waals surface area contributed by atoms with E-state index in [9.17, 15) is 17.9 Å². The van der Waals surface area contributed by atoms with E-state index in [2.05, 4.69) is 20.7 Å². The number of benzene rings is 2. The molecule has 0 unspecified atom stereocenters. The van der Waals surface area contributed by atoms with Crippen molar-refractivity contribution in [3.05, 3.63) is 66.1 Å². The van der Waals surface area contributed by atoms with Crippen molar-refractivity contribution in [2.24, 2.45) is 0 Å². The molecule has 4 rings (SSSR count). The fourth-order valence-electron chi connectivity index (χ4n) is 3.92. The number of unbranched alkanes of at least 4 members (excludes halogenated alkanes) is 1. The maximum Gasteiger partial charge on any atom is 0.240 e. The first-order valence-electron chi connectivity index (χ1n) is 10.4. The van der Waals surface area contributed by atoms with Gasteiger partial charge < -0.3 is 10.1 Å². The fourth-order valence-corrected chi connectivity index (χ4v) is 5.03. The molecular formula is C23H26FN3O3S. The maximum absolute atomic E-state index is 13.6. The molecule has 1 aromatic heterocycles. The maximum atomic E-state index is 13.6. The quantitative estimate of drug-likeness (QED) is 0.462. The lowest BCUT2D eigenvalue weighted by Gasteiger charge is -2.26. The van der Waals surface area contributed by atoms with E-state index < -0.39 is 10.0 Å². The average Bonchev–Trinajstić information content (AvgIpc) is 3.17. The van der Waals surface area contributed by atoms with Gasteiger partial charge >= 0.3 is 0 Å². The molecule has 0 amide bonds. The van der Waals surface area contributed by atoms with E-state index in [1.54, 1.807) is 12.1 Å². The number of phenolic OH excluding ortho intramolecular Hbond substituents is 1. The Morgan fingerprint density at radius 3 is 2.81 bits per heavy atom. The van der Waals surface area contributed by atoms with Crippen molar-refractivity contribution in [2.75, 3.05) is 26.2 Å². The van der Waals surface area contributed by atoms with Crippen LogP contribution in [0.5, 0.6) is 5.75 Å². The van der Waals surface area contributed by atoms with Gasteiger partial charge in [0, 0.05) is 42.3 Å². The number of aromatic amines is 1. The van der Waals surface area contributed by atoms with Gasteiger partial charge in [0.1, 0.15) is 11.6 Å². The van der Waals surface area contributed by atoms with Crippen molar-refractivity contribution in [1.82, 2.24) is 14.6 Å². The SMILES string of the molecule is O=S(=O)(NCCCCN1CC=C(c2c[nH]c3ccc(F)cc23)CC1)c1cccc(O)c1. The normalized spacial score (nSPS) is 15.3. The molecule has 0 saturated carbocycles. The minimum absolute atomic E-state index is 0.0679. The molecular weight excluding hydrogens is 417 g/mol. The molecule has 0 bridgehead atoms. The number of phenols is 1. The van der Waals surface area contributed by atoms with Gasteiger partial charge in [0.05, 0.1) is 4.90 Å². The Hall–Kier alpha value is -2.68. The molecule has 3 N–H and O–H groups in total. The Kier molecular flexibility index (Phi) is 6.41. The highest BCUT2D eigenvalue weighted by molar-refractivity contribution is 7.89. The van der Waals surface area contributed by atoms with Gasteiger partial charge in [-0.3, -0.25) is 4.90 Å². The minimum atomic E-state index is -3.60. The standard InChI is InChI=1S/C23H26FN3O3S/c24-18-6-7-23-21(14-18)22(16-25-23)17-8-12-27(13-9-17)11-2-1-10-26-31(29,30)20-5-3-4-19(28)15-20/h3-8,14-16,25-26,28H,1-2,9-13H2. The molecule has 3 aromatic rings. The number of nitrogens with one attached hydrogen (secondary N) is 2. The summed E-state index contributed by atoms with van der Waals surface area (Å²) in [7, 11) is -3.60. The van der Waals surface area contributed by atoms with E-state index in [4.69, 9.17) is 0 Å². The van der Waals surface area contributed by atoms with Crippen molar-refractivity contribution in [2.45, 2.75) is 24.2 Å². The van der Waals surface area contributed by atoms with Gasteiger partial charge in [-0.25, -0.2) is 17.5 Å². The second-order valence-corrected chi connectivity index (χ2v) is 9.54. The molecule has 164 valence electrons. The van der Waals surface area contributed by atoms with Crippen LogP contribution in [-0.4, -0.2) is 49.6 Å². The second kappa shape index (κ2) is 9.21. The molecule has 0 fully saturated rings. The summed E-state index contributed by atoms with van der Waals surface area (Å²) in [5.74, 6) is -0.302. The van der Waals surface area contributed by atoms with Crippen LogP contribution < -0.4 is 4.72 Å². The predicted molar refractivity (Wildman–Crippen MR) is 120 cm³/mol. The van der Waals surface area contributed by atoms with Crippen LogP contribution in [0.25, 0.3) is 16.5 Å². The summed E-state index contributed by atoms with van der Waals surface area (Å²) >= 11 is 0. The van der Waals surface area contributed by atoms with Crippen molar-refractivity contribution in [1.29, 1.82) is 0 Å². The van der Waals surface area contributed by atoms with Gasteiger partial charge in [-0.15, -0.1) is 0 Å². The van der Waals surface area contributed by atoms with Gasteiger partial charge in [0.2, 0.25) is 10.0 Å². The lowest BCUT2D eigenvalue weighted by atomic mass is 9.99. The minimum Gasteiger partial charge on any atom is -0.508 e. The molecule has 0 atom stereocenters. The van der Waals surface area contributed by atoms with Crippen molar-refractivity contribution < 1.29 is 17.9 Å². The summed E-state index contributed by atoms with van der Waals surface area (Å²) in [6, 6.07) is 10.4. The summed E-state index contributed by atoms with van der Waals surface area (Å²) < 4.78 is 40.7. The monoisotopic (exact) mass is 443 g/mol. The number of nitrogens with zero attached hydrogens (tertiary/aromatic N) is 1. The molecule has 1 aliphatic heterocycles. The number of hydrogen-bond acceptors (Lipinski definition) is 4. The van der Waals surface area contributed by atoms with Crippen LogP contribution in [0.4, 0.5) is 4.39 Å². The van der Waals surface area contributed by atoms with Gasteiger partial charge in [-0.05, 0) is 67.8 Å². The van der Waals surface area contributed by atoms with Gasteiger partial charge in [0.25, 0.3) is 0 Å². The van der Waals surface area contributed by atoms with Crippen LogP contribution in [0.3, 0.4) is 0 Å². The van der Waals surface area contributed by atoms with Gasteiger partial charge in [0.15, 0.2) is 0 Å². The highest BCUT2D eigenvalue weighted by Gasteiger charge is 2.16. The number of H-pyrrole nitrogens is 1. The Labute approximate surface area is 181 Å². The molecule has 0 radical (unpaired) electrons. The summed E-state index contributed by atoms with van der Waals surface area (Å²) in [4.78, 5) is 5.61.